The fourth-order valence-electron chi connectivity index (χ4n) is 5.88. The Kier molecular flexibility index (Phi) is 9.60. The highest BCUT2D eigenvalue weighted by atomic mass is 19.3. The van der Waals surface area contributed by atoms with E-state index in [1.807, 2.05) is 0 Å². The number of hydrogen-bond acceptors (Lipinski definition) is 1. The maximum Gasteiger partial charge on any atom is 0.383 e. The Labute approximate surface area is 248 Å². The van der Waals surface area contributed by atoms with E-state index in [1.165, 1.54) is 36.4 Å². The van der Waals surface area contributed by atoms with Crippen LogP contribution < -0.4 is 0 Å². The molecule has 4 aromatic carbocycles. The fourth-order valence-corrected chi connectivity index (χ4v) is 5.88. The first-order chi connectivity index (χ1) is 20.6. The molecule has 1 saturated carbocycles. The molecule has 0 heterocycles. The van der Waals surface area contributed by atoms with Crippen molar-refractivity contribution in [3.05, 3.63) is 119 Å². The minimum atomic E-state index is -3.40. The molecule has 1 aliphatic carbocycles. The van der Waals surface area contributed by atoms with Gasteiger partial charge in [0.2, 0.25) is 0 Å². The van der Waals surface area contributed by atoms with E-state index in [-0.39, 0.29) is 33.7 Å². The van der Waals surface area contributed by atoms with Gasteiger partial charge in [-0.05, 0) is 97.0 Å². The minimum Gasteiger partial charge on any atom is -0.313 e. The van der Waals surface area contributed by atoms with Crippen molar-refractivity contribution in [1.29, 1.82) is 0 Å². The molecule has 226 valence electrons. The Morgan fingerprint density at radius 2 is 1.35 bits per heavy atom. The zero-order valence-corrected chi connectivity index (χ0v) is 24.0. The summed E-state index contributed by atoms with van der Waals surface area (Å²) in [6.45, 7) is 2.12. The Hall–Kier alpha value is -3.58. The molecular formula is C36H34F6O. The predicted molar refractivity (Wildman–Crippen MR) is 157 cm³/mol. The highest BCUT2D eigenvalue weighted by molar-refractivity contribution is 5.72. The first kappa shape index (κ1) is 30.9. The third-order valence-electron chi connectivity index (χ3n) is 8.30. The average Bonchev–Trinajstić information content (AvgIpc) is 2.98. The molecule has 1 fully saturated rings. The van der Waals surface area contributed by atoms with Crippen molar-refractivity contribution in [2.24, 2.45) is 0 Å². The third-order valence-corrected chi connectivity index (χ3v) is 8.30. The summed E-state index contributed by atoms with van der Waals surface area (Å²) < 4.78 is 93.3. The standard InChI is InChI=1S/C36H34F6O/c1-2-3-4-5-23-6-13-28(14-7-23)36(41,42)43-30-17-10-24(11-18-30)26-12-19-31(32(38)20-26)27-21-33(39)35(34(40)22-27)25-8-15-29(37)16-9-25/h6-9,12-16,19-22,24,30H,2-5,10-11,17-18H2,1H3. The first-order valence-electron chi connectivity index (χ1n) is 14.8. The molecule has 1 nitrogen and oxygen atoms in total. The van der Waals surface area contributed by atoms with E-state index < -0.39 is 35.5 Å². The molecule has 0 N–H and O–H groups in total. The topological polar surface area (TPSA) is 9.23 Å². The van der Waals surface area contributed by atoms with Gasteiger partial charge in [0.1, 0.15) is 23.3 Å². The highest BCUT2D eigenvalue weighted by Gasteiger charge is 2.37. The van der Waals surface area contributed by atoms with Crippen LogP contribution in [0.4, 0.5) is 26.3 Å². The normalized spacial score (nSPS) is 17.3. The van der Waals surface area contributed by atoms with Crippen molar-refractivity contribution in [2.45, 2.75) is 76.4 Å². The van der Waals surface area contributed by atoms with Crippen molar-refractivity contribution in [1.82, 2.24) is 0 Å². The molecule has 0 aromatic heterocycles. The lowest BCUT2D eigenvalue weighted by atomic mass is 9.82. The lowest BCUT2D eigenvalue weighted by Gasteiger charge is -2.31. The lowest BCUT2D eigenvalue weighted by molar-refractivity contribution is -0.277. The van der Waals surface area contributed by atoms with E-state index in [2.05, 4.69) is 6.92 Å². The van der Waals surface area contributed by atoms with Crippen LogP contribution in [0.3, 0.4) is 0 Å². The maximum atomic E-state index is 15.2. The van der Waals surface area contributed by atoms with Crippen molar-refractivity contribution < 1.29 is 31.1 Å². The molecule has 0 atom stereocenters. The zero-order valence-electron chi connectivity index (χ0n) is 24.0. The summed E-state index contributed by atoms with van der Waals surface area (Å²) in [6.07, 6.45) is 1.98. The van der Waals surface area contributed by atoms with Crippen LogP contribution in [0.15, 0.2) is 78.9 Å². The number of alkyl halides is 2. The monoisotopic (exact) mass is 596 g/mol. The van der Waals surface area contributed by atoms with Gasteiger partial charge in [-0.25, -0.2) is 17.6 Å². The van der Waals surface area contributed by atoms with Crippen LogP contribution in [-0.4, -0.2) is 6.10 Å². The molecule has 1 aliphatic rings. The van der Waals surface area contributed by atoms with Gasteiger partial charge in [0.05, 0.1) is 17.2 Å². The zero-order chi connectivity index (χ0) is 30.6. The summed E-state index contributed by atoms with van der Waals surface area (Å²) in [5.41, 5.74) is 1.51. The van der Waals surface area contributed by atoms with Gasteiger partial charge in [-0.2, -0.15) is 8.78 Å². The molecule has 0 saturated heterocycles. The van der Waals surface area contributed by atoms with Gasteiger partial charge in [0, 0.05) is 5.56 Å². The average molecular weight is 597 g/mol. The van der Waals surface area contributed by atoms with Gasteiger partial charge in [0.15, 0.2) is 0 Å². The van der Waals surface area contributed by atoms with Crippen molar-refractivity contribution >= 4 is 0 Å². The van der Waals surface area contributed by atoms with Crippen LogP contribution in [0.25, 0.3) is 22.3 Å². The SMILES string of the molecule is CCCCCc1ccc(C(F)(F)OC2CCC(c3ccc(-c4cc(F)c(-c5ccc(F)cc5)c(F)c4)c(F)c3)CC2)cc1. The van der Waals surface area contributed by atoms with E-state index in [4.69, 9.17) is 4.74 Å². The summed E-state index contributed by atoms with van der Waals surface area (Å²) in [7, 11) is 0. The molecule has 0 unspecified atom stereocenters. The smallest absolute Gasteiger partial charge is 0.313 e. The molecular weight excluding hydrogens is 562 g/mol. The molecule has 4 aromatic rings. The first-order valence-corrected chi connectivity index (χ1v) is 14.8. The Morgan fingerprint density at radius 3 is 1.95 bits per heavy atom. The summed E-state index contributed by atoms with van der Waals surface area (Å²) >= 11 is 0. The largest absolute Gasteiger partial charge is 0.383 e. The van der Waals surface area contributed by atoms with E-state index in [0.717, 1.165) is 55.5 Å². The van der Waals surface area contributed by atoms with E-state index in [1.54, 1.807) is 18.2 Å². The van der Waals surface area contributed by atoms with Crippen molar-refractivity contribution in [2.75, 3.05) is 0 Å². The number of rotatable bonds is 10. The lowest BCUT2D eigenvalue weighted by Crippen LogP contribution is -2.29. The third kappa shape index (κ3) is 7.32. The van der Waals surface area contributed by atoms with Crippen LogP contribution >= 0.6 is 0 Å². The number of hydrogen-bond donors (Lipinski definition) is 0. The van der Waals surface area contributed by atoms with Gasteiger partial charge in [-0.3, -0.25) is 0 Å². The quantitative estimate of drug-likeness (QED) is 0.131. The number of aryl methyl sites for hydroxylation is 1. The maximum absolute atomic E-state index is 15.2. The van der Waals surface area contributed by atoms with Crippen LogP contribution in [-0.2, 0) is 17.3 Å². The molecule has 0 aliphatic heterocycles. The molecule has 0 amide bonds. The molecule has 7 heteroatoms. The molecule has 5 rings (SSSR count). The van der Waals surface area contributed by atoms with E-state index >= 15 is 4.39 Å². The second-order valence-corrected chi connectivity index (χ2v) is 11.3. The van der Waals surface area contributed by atoms with Gasteiger partial charge in [-0.15, -0.1) is 0 Å². The Balaban J connectivity index is 1.21. The van der Waals surface area contributed by atoms with E-state index in [9.17, 15) is 22.0 Å². The molecule has 0 radical (unpaired) electrons. The van der Waals surface area contributed by atoms with Gasteiger partial charge in [-0.1, -0.05) is 68.3 Å². The van der Waals surface area contributed by atoms with Crippen LogP contribution in [0.5, 0.6) is 0 Å². The second kappa shape index (κ2) is 13.4. The minimum absolute atomic E-state index is 0.0400. The van der Waals surface area contributed by atoms with E-state index in [0.29, 0.717) is 31.2 Å². The summed E-state index contributed by atoms with van der Waals surface area (Å²) in [5.74, 6) is -2.98. The predicted octanol–water partition coefficient (Wildman–Crippen LogP) is 11.1. The van der Waals surface area contributed by atoms with Crippen molar-refractivity contribution in [3.63, 3.8) is 0 Å². The van der Waals surface area contributed by atoms with Gasteiger partial charge < -0.3 is 4.74 Å². The summed E-state index contributed by atoms with van der Waals surface area (Å²) in [4.78, 5) is 0. The molecule has 0 bridgehead atoms. The van der Waals surface area contributed by atoms with Crippen LogP contribution in [0.1, 0.15) is 74.5 Å². The molecule has 0 spiro atoms. The highest BCUT2D eigenvalue weighted by Crippen LogP contribution is 2.40. The number of unbranched alkanes of at least 4 members (excludes halogenated alkanes) is 2. The molecule has 43 heavy (non-hydrogen) atoms. The fraction of sp³-hybridized carbons (Fsp3) is 0.333. The number of ether oxygens (including phenoxy) is 1. The van der Waals surface area contributed by atoms with Crippen LogP contribution in [0, 0.1) is 23.3 Å². The number of halogens is 6. The summed E-state index contributed by atoms with van der Waals surface area (Å²) in [5, 5.41) is 0. The Bertz CT molecular complexity index is 1500. The Morgan fingerprint density at radius 1 is 0.698 bits per heavy atom. The van der Waals surface area contributed by atoms with Gasteiger partial charge in [0.25, 0.3) is 0 Å². The van der Waals surface area contributed by atoms with Gasteiger partial charge >= 0.3 is 6.11 Å². The van der Waals surface area contributed by atoms with Crippen LogP contribution in [0.2, 0.25) is 0 Å². The number of benzene rings is 4. The summed E-state index contributed by atoms with van der Waals surface area (Å²) in [6, 6.07) is 17.8. The van der Waals surface area contributed by atoms with Crippen molar-refractivity contribution in [3.8, 4) is 22.3 Å². The second-order valence-electron chi connectivity index (χ2n) is 11.3.